The molecule has 0 aliphatic rings. The highest BCUT2D eigenvalue weighted by Gasteiger charge is 2.32. The van der Waals surface area contributed by atoms with Gasteiger partial charge in [0.2, 0.25) is 0 Å². The number of phenols is 1. The zero-order valence-electron chi connectivity index (χ0n) is 11.0. The number of amides is 1. The quantitative estimate of drug-likeness (QED) is 0.457. The molecule has 0 bridgehead atoms. The van der Waals surface area contributed by atoms with Crippen molar-refractivity contribution in [2.24, 2.45) is 0 Å². The maximum Gasteiger partial charge on any atom is 0.326 e. The predicted octanol–water partition coefficient (Wildman–Crippen LogP) is 0.360. The van der Waals surface area contributed by atoms with Crippen LogP contribution in [0.5, 0.6) is 5.75 Å². The van der Waals surface area contributed by atoms with Crippen LogP contribution >= 0.6 is 7.37 Å². The molecule has 1 aromatic rings. The Labute approximate surface area is 120 Å². The predicted molar refractivity (Wildman–Crippen MR) is 73.5 cm³/mol. The maximum absolute atomic E-state index is 11.6. The molecule has 0 aliphatic carbocycles. The summed E-state index contributed by atoms with van der Waals surface area (Å²) in [5.41, 5.74) is -0.779. The second-order valence-electron chi connectivity index (χ2n) is 4.36. The van der Waals surface area contributed by atoms with Gasteiger partial charge in [-0.1, -0.05) is 12.1 Å². The lowest BCUT2D eigenvalue weighted by atomic mass is 10.1. The molecule has 21 heavy (non-hydrogen) atoms. The summed E-state index contributed by atoms with van der Waals surface area (Å²) in [6.45, 7) is -0.656. The summed E-state index contributed by atoms with van der Waals surface area (Å²) in [4.78, 5) is 32.1. The Balaban J connectivity index is 2.79. The van der Waals surface area contributed by atoms with Crippen LogP contribution in [0.15, 0.2) is 24.3 Å². The molecule has 1 unspecified atom stereocenters. The number of aliphatic hydroxyl groups excluding tert-OH is 1. The number of aliphatic hydroxyl groups is 1. The number of hydrogen-bond acceptors (Lipinski definition) is 5. The fourth-order valence-electron chi connectivity index (χ4n) is 1.55. The maximum atomic E-state index is 11.6. The molecule has 2 atom stereocenters. The van der Waals surface area contributed by atoms with Crippen LogP contribution in [0, 0.1) is 0 Å². The molecule has 5 N–H and O–H groups in total. The average Bonchev–Trinajstić information content (AvgIpc) is 2.40. The van der Waals surface area contributed by atoms with E-state index in [1.807, 2.05) is 5.32 Å². The van der Waals surface area contributed by atoms with Crippen molar-refractivity contribution in [3.05, 3.63) is 29.8 Å². The number of carboxylic acids is 1. The minimum absolute atomic E-state index is 0.0115. The molecule has 0 heterocycles. The number of benzene rings is 1. The Morgan fingerprint density at radius 3 is 2.29 bits per heavy atom. The van der Waals surface area contributed by atoms with Crippen LogP contribution < -0.4 is 5.32 Å². The molecule has 9 heteroatoms. The zero-order chi connectivity index (χ0) is 16.0. The van der Waals surface area contributed by atoms with E-state index in [1.54, 1.807) is 0 Å². The molecule has 116 valence electrons. The van der Waals surface area contributed by atoms with Crippen molar-refractivity contribution in [3.8, 4) is 5.75 Å². The fraction of sp³-hybridized carbons (Fsp3) is 0.333. The largest absolute Gasteiger partial charge is 0.508 e. The molecule has 0 radical (unpaired) electrons. The molecular formula is C12H16NO7P. The molecular weight excluding hydrogens is 301 g/mol. The van der Waals surface area contributed by atoms with Gasteiger partial charge >= 0.3 is 11.6 Å². The first kappa shape index (κ1) is 17.2. The van der Waals surface area contributed by atoms with E-state index in [9.17, 15) is 19.0 Å². The normalized spacial score (nSPS) is 15.0. The van der Waals surface area contributed by atoms with Crippen molar-refractivity contribution >= 4 is 19.0 Å². The average molecular weight is 317 g/mol. The molecule has 0 spiro atoms. The van der Waals surface area contributed by atoms with E-state index in [4.69, 9.17) is 15.3 Å². The minimum atomic E-state index is -4.29. The first-order valence-corrected chi connectivity index (χ1v) is 7.85. The Bertz CT molecular complexity index is 557. The van der Waals surface area contributed by atoms with Crippen molar-refractivity contribution < 1.29 is 34.4 Å². The van der Waals surface area contributed by atoms with Gasteiger partial charge in [0.15, 0.2) is 0 Å². The van der Waals surface area contributed by atoms with Gasteiger partial charge in [-0.05, 0) is 17.7 Å². The summed E-state index contributed by atoms with van der Waals surface area (Å²) in [6, 6.07) is 4.28. The molecule has 0 aromatic heterocycles. The van der Waals surface area contributed by atoms with E-state index in [2.05, 4.69) is 0 Å². The van der Waals surface area contributed by atoms with Crippen LogP contribution in [0.3, 0.4) is 0 Å². The Hall–Kier alpha value is -1.89. The van der Waals surface area contributed by atoms with Crippen LogP contribution in [-0.4, -0.2) is 50.6 Å². The first-order chi connectivity index (χ1) is 9.76. The van der Waals surface area contributed by atoms with E-state index in [0.717, 1.165) is 0 Å². The van der Waals surface area contributed by atoms with E-state index >= 15 is 0 Å². The molecule has 0 saturated heterocycles. The van der Waals surface area contributed by atoms with Gasteiger partial charge in [0.25, 0.3) is 7.37 Å². The number of rotatable bonds is 7. The molecule has 1 rings (SSSR count). The van der Waals surface area contributed by atoms with Crippen LogP contribution in [0.2, 0.25) is 0 Å². The van der Waals surface area contributed by atoms with Crippen molar-refractivity contribution in [1.82, 2.24) is 5.32 Å². The third kappa shape index (κ3) is 5.18. The Kier molecular flexibility index (Phi) is 5.90. The SMILES string of the molecule is O=C(O)[C@H](Cc1ccc(O)cc1)NC(=O)P(=O)(O)CCO. The lowest BCUT2D eigenvalue weighted by Gasteiger charge is -2.17. The van der Waals surface area contributed by atoms with Crippen molar-refractivity contribution in [3.63, 3.8) is 0 Å². The highest BCUT2D eigenvalue weighted by Crippen LogP contribution is 2.40. The minimum Gasteiger partial charge on any atom is -0.508 e. The van der Waals surface area contributed by atoms with E-state index in [1.165, 1.54) is 24.3 Å². The first-order valence-electron chi connectivity index (χ1n) is 6.00. The number of nitrogens with one attached hydrogen (secondary N) is 1. The molecule has 0 saturated carbocycles. The van der Waals surface area contributed by atoms with Crippen LogP contribution in [-0.2, 0) is 15.8 Å². The second kappa shape index (κ2) is 7.21. The Morgan fingerprint density at radius 1 is 1.24 bits per heavy atom. The van der Waals surface area contributed by atoms with Crippen molar-refractivity contribution in [1.29, 1.82) is 0 Å². The second-order valence-corrected chi connectivity index (χ2v) is 6.62. The van der Waals surface area contributed by atoms with Crippen LogP contribution in [0.1, 0.15) is 5.56 Å². The highest BCUT2D eigenvalue weighted by atomic mass is 31.2. The van der Waals surface area contributed by atoms with Gasteiger partial charge in [-0.25, -0.2) is 4.79 Å². The lowest BCUT2D eigenvalue weighted by Crippen LogP contribution is -2.41. The monoisotopic (exact) mass is 317 g/mol. The van der Waals surface area contributed by atoms with Gasteiger partial charge in [-0.15, -0.1) is 0 Å². The topological polar surface area (TPSA) is 144 Å². The van der Waals surface area contributed by atoms with Gasteiger partial charge in [0.1, 0.15) is 11.8 Å². The number of hydrogen-bond donors (Lipinski definition) is 5. The molecule has 1 amide bonds. The summed E-state index contributed by atoms with van der Waals surface area (Å²) >= 11 is 0. The van der Waals surface area contributed by atoms with Crippen LogP contribution in [0.25, 0.3) is 0 Å². The summed E-state index contributed by atoms with van der Waals surface area (Å²) < 4.78 is 11.5. The summed E-state index contributed by atoms with van der Waals surface area (Å²) in [6.07, 6.45) is -0.745. The van der Waals surface area contributed by atoms with Gasteiger partial charge in [-0.2, -0.15) is 0 Å². The van der Waals surface area contributed by atoms with E-state index < -0.39 is 37.8 Å². The van der Waals surface area contributed by atoms with Crippen molar-refractivity contribution in [2.45, 2.75) is 12.5 Å². The van der Waals surface area contributed by atoms with Crippen LogP contribution in [0.4, 0.5) is 4.79 Å². The lowest BCUT2D eigenvalue weighted by molar-refractivity contribution is -0.139. The molecule has 0 fully saturated rings. The fourth-order valence-corrected chi connectivity index (χ4v) is 2.39. The third-order valence-electron chi connectivity index (χ3n) is 2.69. The number of carbonyl (C=O) groups is 2. The number of phenolic OH excluding ortho intramolecular Hbond substituents is 1. The van der Waals surface area contributed by atoms with E-state index in [0.29, 0.717) is 5.56 Å². The number of carboxylic acid groups (broad SMARTS) is 1. The molecule has 8 nitrogen and oxygen atoms in total. The third-order valence-corrected chi connectivity index (χ3v) is 4.26. The van der Waals surface area contributed by atoms with Gasteiger partial charge in [-0.3, -0.25) is 9.36 Å². The standard InChI is InChI=1S/C12H16NO7P/c14-5-6-21(19,20)12(18)13-10(11(16)17)7-8-1-3-9(15)4-2-8/h1-4,10,14-15H,5-7H2,(H,13,18)(H,16,17)(H,19,20)/t10-/m0/s1. The van der Waals surface area contributed by atoms with Gasteiger partial charge < -0.3 is 25.5 Å². The van der Waals surface area contributed by atoms with Gasteiger partial charge in [0, 0.05) is 6.42 Å². The summed E-state index contributed by atoms with van der Waals surface area (Å²) in [5.74, 6) is -1.35. The number of aromatic hydroxyl groups is 1. The van der Waals surface area contributed by atoms with E-state index in [-0.39, 0.29) is 12.2 Å². The Morgan fingerprint density at radius 2 is 1.81 bits per heavy atom. The zero-order valence-corrected chi connectivity index (χ0v) is 11.9. The highest BCUT2D eigenvalue weighted by molar-refractivity contribution is 7.75. The number of aliphatic carboxylic acids is 1. The summed E-state index contributed by atoms with van der Waals surface area (Å²) in [5, 5.41) is 28.8. The van der Waals surface area contributed by atoms with Crippen molar-refractivity contribution in [2.75, 3.05) is 12.8 Å². The molecule has 1 aromatic carbocycles. The van der Waals surface area contributed by atoms with Gasteiger partial charge in [0.05, 0.1) is 12.8 Å². The molecule has 0 aliphatic heterocycles. The number of carbonyl (C=O) groups excluding carboxylic acids is 1. The smallest absolute Gasteiger partial charge is 0.326 e. The summed E-state index contributed by atoms with van der Waals surface area (Å²) in [7, 11) is -4.29.